The third-order valence-electron chi connectivity index (χ3n) is 13.6. The predicted octanol–water partition coefficient (Wildman–Crippen LogP) is 17.6. The normalized spacial score (nSPS) is 12.7. The fourth-order valence-electron chi connectivity index (χ4n) is 10.4. The van der Waals surface area contributed by atoms with Crippen LogP contribution in [0.3, 0.4) is 0 Å². The fourth-order valence-corrected chi connectivity index (χ4v) is 10.4. The van der Waals surface area contributed by atoms with Gasteiger partial charge in [0.1, 0.15) is 0 Å². The number of hydrogen-bond acceptors (Lipinski definition) is 1. The van der Waals surface area contributed by atoms with Crippen molar-refractivity contribution in [3.8, 4) is 55.6 Å². The van der Waals surface area contributed by atoms with Crippen molar-refractivity contribution in [1.82, 2.24) is 0 Å². The fraction of sp³-hybridized carbons (Fsp3) is 0.0476. The molecule has 302 valence electrons. The van der Waals surface area contributed by atoms with Gasteiger partial charge in [0.25, 0.3) is 0 Å². The maximum absolute atomic E-state index is 2.50. The molecule has 1 aliphatic carbocycles. The van der Waals surface area contributed by atoms with Gasteiger partial charge < -0.3 is 4.90 Å². The van der Waals surface area contributed by atoms with Crippen LogP contribution < -0.4 is 4.90 Å². The lowest BCUT2D eigenvalue weighted by molar-refractivity contribution is 0.660. The lowest BCUT2D eigenvalue weighted by Gasteiger charge is -2.31. The molecular weight excluding hydrogens is 771 g/mol. The molecule has 0 aromatic heterocycles. The summed E-state index contributed by atoms with van der Waals surface area (Å²) in [5.74, 6) is 0. The summed E-state index contributed by atoms with van der Waals surface area (Å²) in [5.41, 5.74) is 18.0. The van der Waals surface area contributed by atoms with Gasteiger partial charge in [0.15, 0.2) is 0 Å². The molecule has 1 aliphatic rings. The van der Waals surface area contributed by atoms with Crippen molar-refractivity contribution >= 4 is 49.4 Å². The molecule has 0 fully saturated rings. The predicted molar refractivity (Wildman–Crippen MR) is 273 cm³/mol. The largest absolute Gasteiger partial charge is 0.310 e. The summed E-state index contributed by atoms with van der Waals surface area (Å²) in [7, 11) is 0. The van der Waals surface area contributed by atoms with E-state index in [1.807, 2.05) is 0 Å². The highest BCUT2D eigenvalue weighted by Crippen LogP contribution is 2.53. The zero-order chi connectivity index (χ0) is 42.8. The van der Waals surface area contributed by atoms with Gasteiger partial charge in [-0.15, -0.1) is 0 Å². The first-order valence-electron chi connectivity index (χ1n) is 22.3. The van der Waals surface area contributed by atoms with E-state index in [2.05, 4.69) is 255 Å². The van der Waals surface area contributed by atoms with E-state index in [9.17, 15) is 0 Å². The highest BCUT2D eigenvalue weighted by Gasteiger charge is 2.36. The van der Waals surface area contributed by atoms with Crippen LogP contribution in [0.4, 0.5) is 17.1 Å². The van der Waals surface area contributed by atoms with Crippen LogP contribution in [0, 0.1) is 0 Å². The number of hydrogen-bond donors (Lipinski definition) is 0. The van der Waals surface area contributed by atoms with Crippen molar-refractivity contribution in [2.24, 2.45) is 0 Å². The zero-order valence-corrected chi connectivity index (χ0v) is 36.0. The Balaban J connectivity index is 1.14. The van der Waals surface area contributed by atoms with Crippen molar-refractivity contribution in [2.45, 2.75) is 19.3 Å². The topological polar surface area (TPSA) is 3.24 Å². The molecule has 0 aliphatic heterocycles. The van der Waals surface area contributed by atoms with Crippen molar-refractivity contribution in [1.29, 1.82) is 0 Å². The van der Waals surface area contributed by atoms with Crippen LogP contribution >= 0.6 is 0 Å². The number of rotatable bonds is 7. The van der Waals surface area contributed by atoms with Gasteiger partial charge in [-0.1, -0.05) is 208 Å². The average Bonchev–Trinajstić information content (AvgIpc) is 3.59. The summed E-state index contributed by atoms with van der Waals surface area (Å²) < 4.78 is 0. The second-order valence-corrected chi connectivity index (χ2v) is 17.7. The number of benzene rings is 11. The highest BCUT2D eigenvalue weighted by atomic mass is 15.1. The summed E-state index contributed by atoms with van der Waals surface area (Å²) >= 11 is 0. The lowest BCUT2D eigenvalue weighted by Crippen LogP contribution is -2.17. The highest BCUT2D eigenvalue weighted by molar-refractivity contribution is 6.16. The molecule has 0 amide bonds. The van der Waals surface area contributed by atoms with E-state index >= 15 is 0 Å². The van der Waals surface area contributed by atoms with Crippen LogP contribution in [0.5, 0.6) is 0 Å². The molecule has 0 unspecified atom stereocenters. The first-order chi connectivity index (χ1) is 31.5. The number of nitrogens with zero attached hydrogens (tertiary/aromatic N) is 1. The Morgan fingerprint density at radius 1 is 0.297 bits per heavy atom. The van der Waals surface area contributed by atoms with Gasteiger partial charge in [-0.2, -0.15) is 0 Å². The molecule has 0 heterocycles. The molecule has 0 saturated heterocycles. The van der Waals surface area contributed by atoms with Crippen LogP contribution in [0.1, 0.15) is 25.0 Å². The molecule has 0 N–H and O–H groups in total. The van der Waals surface area contributed by atoms with Crippen LogP contribution in [-0.2, 0) is 5.41 Å². The minimum absolute atomic E-state index is 0.161. The molecule has 0 radical (unpaired) electrons. The molecule has 0 bridgehead atoms. The van der Waals surface area contributed by atoms with E-state index in [0.717, 1.165) is 28.2 Å². The maximum Gasteiger partial charge on any atom is 0.0546 e. The van der Waals surface area contributed by atoms with Gasteiger partial charge >= 0.3 is 0 Å². The minimum atomic E-state index is -0.161. The van der Waals surface area contributed by atoms with E-state index in [1.54, 1.807) is 0 Å². The standard InChI is InChI=1S/C63H45N/c1-63(2)59-27-14-13-25-53(59)54-37-36-51(39-60(54)63)64(50-34-32-43(33-35-50)49-31-28-42-16-9-10-22-48(42)38-49)61-41-56(44-17-5-3-6-18-44)58(40-57(61)45-19-7-4-8-20-45)55-26-15-23-47-30-29-46-21-11-12-24-52(46)62(47)55/h3-41H,1-2H3. The van der Waals surface area contributed by atoms with E-state index in [0.29, 0.717) is 0 Å². The van der Waals surface area contributed by atoms with Gasteiger partial charge in [-0.25, -0.2) is 0 Å². The molecule has 11 aromatic rings. The van der Waals surface area contributed by atoms with Gasteiger partial charge in [0, 0.05) is 22.4 Å². The Labute approximate surface area is 375 Å². The Morgan fingerprint density at radius 2 is 0.875 bits per heavy atom. The molecule has 11 aromatic carbocycles. The monoisotopic (exact) mass is 815 g/mol. The van der Waals surface area contributed by atoms with Crippen molar-refractivity contribution in [2.75, 3.05) is 4.90 Å². The zero-order valence-electron chi connectivity index (χ0n) is 36.0. The summed E-state index contributed by atoms with van der Waals surface area (Å²) in [5, 5.41) is 7.49. The van der Waals surface area contributed by atoms with Crippen LogP contribution in [0.15, 0.2) is 237 Å². The SMILES string of the molecule is CC1(C)c2ccccc2-c2ccc(N(c3ccc(-c4ccc5ccccc5c4)cc3)c3cc(-c4ccccc4)c(-c4cccc5ccc6ccccc6c45)cc3-c3ccccc3)cc21. The third-order valence-corrected chi connectivity index (χ3v) is 13.6. The second kappa shape index (κ2) is 15.1. The molecule has 12 rings (SSSR count). The summed E-state index contributed by atoms with van der Waals surface area (Å²) in [6.07, 6.45) is 0. The van der Waals surface area contributed by atoms with Gasteiger partial charge in [0.05, 0.1) is 5.69 Å². The average molecular weight is 816 g/mol. The Morgan fingerprint density at radius 3 is 1.67 bits per heavy atom. The molecule has 0 atom stereocenters. The van der Waals surface area contributed by atoms with Crippen molar-refractivity contribution in [3.05, 3.63) is 248 Å². The smallest absolute Gasteiger partial charge is 0.0546 e. The minimum Gasteiger partial charge on any atom is -0.310 e. The summed E-state index contributed by atoms with van der Waals surface area (Å²) in [6.45, 7) is 4.74. The molecule has 64 heavy (non-hydrogen) atoms. The van der Waals surface area contributed by atoms with E-state index < -0.39 is 0 Å². The molecular formula is C63H45N. The number of anilines is 3. The molecule has 0 saturated carbocycles. The quantitative estimate of drug-likeness (QED) is 0.145. The van der Waals surface area contributed by atoms with Gasteiger partial charge in [-0.05, 0) is 136 Å². The molecule has 0 spiro atoms. The first-order valence-corrected chi connectivity index (χ1v) is 22.3. The Kier molecular flexibility index (Phi) is 8.91. The van der Waals surface area contributed by atoms with Crippen LogP contribution in [0.25, 0.3) is 88.0 Å². The lowest BCUT2D eigenvalue weighted by atomic mass is 9.82. The van der Waals surface area contributed by atoms with Crippen LogP contribution in [-0.4, -0.2) is 0 Å². The summed E-state index contributed by atoms with van der Waals surface area (Å²) in [4.78, 5) is 2.50. The first kappa shape index (κ1) is 37.7. The number of fused-ring (bicyclic) bond motifs is 7. The van der Waals surface area contributed by atoms with Crippen molar-refractivity contribution < 1.29 is 0 Å². The second-order valence-electron chi connectivity index (χ2n) is 17.7. The van der Waals surface area contributed by atoms with E-state index in [4.69, 9.17) is 0 Å². The third kappa shape index (κ3) is 6.23. The molecule has 1 heteroatoms. The van der Waals surface area contributed by atoms with Crippen LogP contribution in [0.2, 0.25) is 0 Å². The molecule has 1 nitrogen and oxygen atoms in total. The van der Waals surface area contributed by atoms with E-state index in [-0.39, 0.29) is 5.41 Å². The summed E-state index contributed by atoms with van der Waals surface area (Å²) in [6, 6.07) is 87.5. The Hall–Kier alpha value is -8.00. The Bertz CT molecular complexity index is 3560. The maximum atomic E-state index is 2.50. The van der Waals surface area contributed by atoms with Gasteiger partial charge in [0.2, 0.25) is 0 Å². The van der Waals surface area contributed by atoms with Gasteiger partial charge in [-0.3, -0.25) is 0 Å². The van der Waals surface area contributed by atoms with Crippen molar-refractivity contribution in [3.63, 3.8) is 0 Å². The van der Waals surface area contributed by atoms with E-state index in [1.165, 1.54) is 88.0 Å².